The van der Waals surface area contributed by atoms with Gasteiger partial charge in [-0.3, -0.25) is 9.89 Å². The van der Waals surface area contributed by atoms with E-state index in [1.165, 1.54) is 0 Å². The van der Waals surface area contributed by atoms with Gasteiger partial charge in [0.25, 0.3) is 5.91 Å². The Morgan fingerprint density at radius 1 is 1.39 bits per heavy atom. The first-order chi connectivity index (χ1) is 8.56. The number of aromatic amines is 1. The van der Waals surface area contributed by atoms with Crippen molar-refractivity contribution >= 4 is 28.5 Å². The fraction of sp³-hybridized carbons (Fsp3) is 0.250. The number of amides is 1. The summed E-state index contributed by atoms with van der Waals surface area (Å²) in [5, 5.41) is 6.77. The fourth-order valence-corrected chi connectivity index (χ4v) is 1.92. The lowest BCUT2D eigenvalue weighted by molar-refractivity contribution is 0.0781. The lowest BCUT2D eigenvalue weighted by atomic mass is 10.2. The third-order valence-electron chi connectivity index (χ3n) is 2.46. The maximum Gasteiger partial charge on any atom is 0.254 e. The molecular weight excluding hydrogens is 343 g/mol. The second-order valence-electron chi connectivity index (χ2n) is 4.01. The Labute approximate surface area is 119 Å². The van der Waals surface area contributed by atoms with E-state index >= 15 is 0 Å². The van der Waals surface area contributed by atoms with Crippen LogP contribution in [0.25, 0.3) is 0 Å². The van der Waals surface area contributed by atoms with Crippen LogP contribution in [0.3, 0.4) is 0 Å². The molecule has 1 amide bonds. The van der Waals surface area contributed by atoms with Gasteiger partial charge in [-0.1, -0.05) is 0 Å². The number of halogens is 1. The largest absolute Gasteiger partial charge is 0.334 e. The molecule has 5 nitrogen and oxygen atoms in total. The number of H-pyrrole nitrogens is 1. The number of hydrogen-bond donors (Lipinski definition) is 1. The van der Waals surface area contributed by atoms with Crippen LogP contribution in [0.1, 0.15) is 22.0 Å². The van der Waals surface area contributed by atoms with Crippen LogP contribution in [0.5, 0.6) is 0 Å². The Hall–Kier alpha value is -1.44. The van der Waals surface area contributed by atoms with E-state index in [4.69, 9.17) is 0 Å². The van der Waals surface area contributed by atoms with Crippen LogP contribution in [-0.2, 0) is 6.54 Å². The Kier molecular flexibility index (Phi) is 3.95. The van der Waals surface area contributed by atoms with Crippen molar-refractivity contribution in [1.82, 2.24) is 20.1 Å². The molecule has 0 spiro atoms. The summed E-state index contributed by atoms with van der Waals surface area (Å²) in [6.45, 7) is 2.23. The molecule has 1 aromatic heterocycles. The smallest absolute Gasteiger partial charge is 0.254 e. The molecule has 94 valence electrons. The zero-order valence-electron chi connectivity index (χ0n) is 10.1. The predicted octanol–water partition coefficient (Wildman–Crippen LogP) is 1.99. The Morgan fingerprint density at radius 2 is 2.06 bits per heavy atom. The van der Waals surface area contributed by atoms with Crippen LogP contribution in [0.2, 0.25) is 0 Å². The summed E-state index contributed by atoms with van der Waals surface area (Å²) in [5.41, 5.74) is 0.671. The molecule has 0 atom stereocenters. The minimum atomic E-state index is -0.0335. The Bertz CT molecular complexity index is 549. The van der Waals surface area contributed by atoms with Crippen molar-refractivity contribution in [3.8, 4) is 0 Å². The molecule has 0 saturated carbocycles. The van der Waals surface area contributed by atoms with Gasteiger partial charge in [-0.2, -0.15) is 5.10 Å². The van der Waals surface area contributed by atoms with E-state index in [0.29, 0.717) is 17.9 Å². The standard InChI is InChI=1S/C12H13IN4O/c1-8-14-11(16-15-8)7-17(2)12(18)9-3-5-10(13)6-4-9/h3-6H,7H2,1-2H3,(H,14,15,16). The number of aryl methyl sites for hydroxylation is 1. The normalized spacial score (nSPS) is 10.4. The van der Waals surface area contributed by atoms with Crippen LogP contribution < -0.4 is 0 Å². The van der Waals surface area contributed by atoms with Crippen LogP contribution in [-0.4, -0.2) is 33.0 Å². The number of nitrogens with zero attached hydrogens (tertiary/aromatic N) is 3. The van der Waals surface area contributed by atoms with Gasteiger partial charge in [-0.25, -0.2) is 4.98 Å². The van der Waals surface area contributed by atoms with Crippen molar-refractivity contribution in [2.45, 2.75) is 13.5 Å². The zero-order chi connectivity index (χ0) is 13.1. The molecule has 0 aliphatic carbocycles. The lowest BCUT2D eigenvalue weighted by Gasteiger charge is -2.15. The summed E-state index contributed by atoms with van der Waals surface area (Å²) in [5.74, 6) is 1.34. The maximum atomic E-state index is 12.1. The van der Waals surface area contributed by atoms with Gasteiger partial charge >= 0.3 is 0 Å². The first-order valence-electron chi connectivity index (χ1n) is 5.45. The van der Waals surface area contributed by atoms with Gasteiger partial charge < -0.3 is 4.90 Å². The second kappa shape index (κ2) is 5.47. The number of hydrogen-bond acceptors (Lipinski definition) is 3. The first kappa shape index (κ1) is 13.0. The fourth-order valence-electron chi connectivity index (χ4n) is 1.56. The minimum Gasteiger partial charge on any atom is -0.334 e. The van der Waals surface area contributed by atoms with Crippen LogP contribution in [0.4, 0.5) is 0 Å². The van der Waals surface area contributed by atoms with Gasteiger partial charge in [0.1, 0.15) is 5.82 Å². The molecular formula is C12H13IN4O. The van der Waals surface area contributed by atoms with Gasteiger partial charge in [-0.15, -0.1) is 0 Å². The topological polar surface area (TPSA) is 61.9 Å². The van der Waals surface area contributed by atoms with E-state index in [0.717, 1.165) is 9.39 Å². The predicted molar refractivity (Wildman–Crippen MR) is 76.1 cm³/mol. The molecule has 18 heavy (non-hydrogen) atoms. The highest BCUT2D eigenvalue weighted by Crippen LogP contribution is 2.09. The van der Waals surface area contributed by atoms with E-state index in [2.05, 4.69) is 37.8 Å². The molecule has 0 aliphatic rings. The molecule has 2 rings (SSSR count). The molecule has 0 fully saturated rings. The van der Waals surface area contributed by atoms with Crippen LogP contribution >= 0.6 is 22.6 Å². The van der Waals surface area contributed by atoms with E-state index in [9.17, 15) is 4.79 Å². The monoisotopic (exact) mass is 356 g/mol. The number of rotatable bonds is 3. The molecule has 0 radical (unpaired) electrons. The quantitative estimate of drug-likeness (QED) is 0.856. The SMILES string of the molecule is Cc1nc(CN(C)C(=O)c2ccc(I)cc2)n[nH]1. The average Bonchev–Trinajstić information content (AvgIpc) is 2.75. The highest BCUT2D eigenvalue weighted by atomic mass is 127. The molecule has 0 bridgehead atoms. The molecule has 1 N–H and O–H groups in total. The van der Waals surface area contributed by atoms with Crippen molar-refractivity contribution in [3.05, 3.63) is 45.0 Å². The molecule has 1 aromatic carbocycles. The summed E-state index contributed by atoms with van der Waals surface area (Å²) < 4.78 is 1.11. The van der Waals surface area contributed by atoms with Crippen LogP contribution in [0.15, 0.2) is 24.3 Å². The third-order valence-corrected chi connectivity index (χ3v) is 3.18. The zero-order valence-corrected chi connectivity index (χ0v) is 12.3. The van der Waals surface area contributed by atoms with Crippen molar-refractivity contribution < 1.29 is 4.79 Å². The van der Waals surface area contributed by atoms with Gasteiger partial charge in [0, 0.05) is 16.2 Å². The Morgan fingerprint density at radius 3 is 2.61 bits per heavy atom. The number of aromatic nitrogens is 3. The molecule has 2 aromatic rings. The van der Waals surface area contributed by atoms with E-state index < -0.39 is 0 Å². The average molecular weight is 356 g/mol. The van der Waals surface area contributed by atoms with Crippen molar-refractivity contribution in [2.24, 2.45) is 0 Å². The van der Waals surface area contributed by atoms with Gasteiger partial charge in [0.05, 0.1) is 6.54 Å². The number of carbonyl (C=O) groups is 1. The van der Waals surface area contributed by atoms with Gasteiger partial charge in [0.15, 0.2) is 5.82 Å². The molecule has 1 heterocycles. The third kappa shape index (κ3) is 3.06. The first-order valence-corrected chi connectivity index (χ1v) is 6.53. The van der Waals surface area contributed by atoms with Crippen molar-refractivity contribution in [1.29, 1.82) is 0 Å². The number of nitrogens with one attached hydrogen (secondary N) is 1. The summed E-state index contributed by atoms with van der Waals surface area (Å²) in [4.78, 5) is 17.9. The van der Waals surface area contributed by atoms with Crippen LogP contribution in [0, 0.1) is 10.5 Å². The number of benzene rings is 1. The number of carbonyl (C=O) groups excluding carboxylic acids is 1. The summed E-state index contributed by atoms with van der Waals surface area (Å²) in [6.07, 6.45) is 0. The van der Waals surface area contributed by atoms with Gasteiger partial charge in [-0.05, 0) is 53.8 Å². The second-order valence-corrected chi connectivity index (χ2v) is 5.25. The molecule has 0 saturated heterocycles. The van der Waals surface area contributed by atoms with Crippen molar-refractivity contribution in [2.75, 3.05) is 7.05 Å². The minimum absolute atomic E-state index is 0.0335. The Balaban J connectivity index is 2.07. The highest BCUT2D eigenvalue weighted by Gasteiger charge is 2.13. The van der Waals surface area contributed by atoms with E-state index in [1.807, 2.05) is 31.2 Å². The molecule has 6 heteroatoms. The summed E-state index contributed by atoms with van der Waals surface area (Å²) in [7, 11) is 1.74. The maximum absolute atomic E-state index is 12.1. The van der Waals surface area contributed by atoms with E-state index in [-0.39, 0.29) is 5.91 Å². The van der Waals surface area contributed by atoms with Crippen molar-refractivity contribution in [3.63, 3.8) is 0 Å². The summed E-state index contributed by atoms with van der Waals surface area (Å²) >= 11 is 2.21. The lowest BCUT2D eigenvalue weighted by Crippen LogP contribution is -2.26. The molecule has 0 unspecified atom stereocenters. The van der Waals surface area contributed by atoms with Gasteiger partial charge in [0.2, 0.25) is 0 Å². The van der Waals surface area contributed by atoms with E-state index in [1.54, 1.807) is 11.9 Å². The summed E-state index contributed by atoms with van der Waals surface area (Å²) in [6, 6.07) is 7.48. The highest BCUT2D eigenvalue weighted by molar-refractivity contribution is 14.1. The molecule has 0 aliphatic heterocycles.